The van der Waals surface area contributed by atoms with Gasteiger partial charge < -0.3 is 9.84 Å². The van der Waals surface area contributed by atoms with Crippen LogP contribution in [0.4, 0.5) is 0 Å². The zero-order chi connectivity index (χ0) is 19.9. The van der Waals surface area contributed by atoms with Crippen LogP contribution >= 0.6 is 11.8 Å². The fourth-order valence-electron chi connectivity index (χ4n) is 2.96. The van der Waals surface area contributed by atoms with Crippen LogP contribution < -0.4 is 4.74 Å². The molecule has 0 saturated carbocycles. The molecule has 0 fully saturated rings. The third kappa shape index (κ3) is 5.52. The quantitative estimate of drug-likeness (QED) is 0.383. The molecule has 0 amide bonds. The van der Waals surface area contributed by atoms with E-state index in [0.717, 1.165) is 23.5 Å². The van der Waals surface area contributed by atoms with Gasteiger partial charge in [-0.1, -0.05) is 63.9 Å². The second-order valence-corrected chi connectivity index (χ2v) is 8.29. The van der Waals surface area contributed by atoms with E-state index in [9.17, 15) is 9.90 Å². The summed E-state index contributed by atoms with van der Waals surface area (Å²) in [5, 5.41) is 10.2. The minimum atomic E-state index is -0.0526. The molecule has 0 bridgehead atoms. The predicted molar refractivity (Wildman–Crippen MR) is 113 cm³/mol. The number of ketones is 1. The Morgan fingerprint density at radius 3 is 2.48 bits per heavy atom. The molecule has 1 atom stereocenters. The van der Waals surface area contributed by atoms with Crippen molar-refractivity contribution in [3.8, 4) is 11.5 Å². The molecule has 0 heterocycles. The largest absolute Gasteiger partial charge is 0.504 e. The maximum Gasteiger partial charge on any atom is 0.194 e. The van der Waals surface area contributed by atoms with Crippen LogP contribution in [0.3, 0.4) is 0 Å². The van der Waals surface area contributed by atoms with Crippen LogP contribution in [0.5, 0.6) is 11.5 Å². The molecule has 0 aliphatic carbocycles. The lowest BCUT2D eigenvalue weighted by Crippen LogP contribution is -2.18. The summed E-state index contributed by atoms with van der Waals surface area (Å²) < 4.78 is 5.23. The number of methoxy groups -OCH3 is 1. The molecule has 1 N–H and O–H groups in total. The third-order valence-corrected chi connectivity index (χ3v) is 6.62. The molecule has 0 aliphatic heterocycles. The van der Waals surface area contributed by atoms with Crippen LogP contribution in [0.1, 0.15) is 62.4 Å². The fraction of sp³-hybridized carbons (Fsp3) is 0.435. The van der Waals surface area contributed by atoms with Gasteiger partial charge in [-0.15, -0.1) is 11.8 Å². The molecule has 146 valence electrons. The number of thioether (sulfide) groups is 1. The van der Waals surface area contributed by atoms with Gasteiger partial charge >= 0.3 is 0 Å². The van der Waals surface area contributed by atoms with Crippen LogP contribution in [0.25, 0.3) is 0 Å². The summed E-state index contributed by atoms with van der Waals surface area (Å²) in [7, 11) is 1.50. The number of unbranched alkanes of at least 4 members (excludes halogenated alkanes) is 1. The number of carbonyl (C=O) groups is 1. The average molecular weight is 387 g/mol. The SMILES string of the molecule is CCCC[C@](C)(CC)CSc1cc(O)c(OC)cc1C(=O)c1ccccc1. The second-order valence-electron chi connectivity index (χ2n) is 7.27. The van der Waals surface area contributed by atoms with Gasteiger partial charge in [0.15, 0.2) is 17.3 Å². The molecule has 0 saturated heterocycles. The second kappa shape index (κ2) is 9.84. The average Bonchev–Trinajstić information content (AvgIpc) is 2.71. The van der Waals surface area contributed by atoms with Crippen LogP contribution in [0.15, 0.2) is 47.4 Å². The number of phenolic OH excluding ortho intramolecular Hbond substituents is 1. The van der Waals surface area contributed by atoms with Crippen molar-refractivity contribution < 1.29 is 14.6 Å². The topological polar surface area (TPSA) is 46.5 Å². The van der Waals surface area contributed by atoms with E-state index in [-0.39, 0.29) is 16.9 Å². The maximum atomic E-state index is 13.1. The Bertz CT molecular complexity index is 758. The minimum Gasteiger partial charge on any atom is -0.504 e. The number of phenols is 1. The minimum absolute atomic E-state index is 0.0526. The molecule has 4 heteroatoms. The zero-order valence-electron chi connectivity index (χ0n) is 16.7. The summed E-state index contributed by atoms with van der Waals surface area (Å²) in [5.41, 5.74) is 1.43. The van der Waals surface area contributed by atoms with Crippen LogP contribution in [0, 0.1) is 5.41 Å². The van der Waals surface area contributed by atoms with Crippen molar-refractivity contribution in [2.45, 2.75) is 51.3 Å². The number of aromatic hydroxyl groups is 1. The van der Waals surface area contributed by atoms with E-state index in [1.807, 2.05) is 30.3 Å². The molecule has 3 nitrogen and oxygen atoms in total. The summed E-state index contributed by atoms with van der Waals surface area (Å²) >= 11 is 1.65. The first-order valence-electron chi connectivity index (χ1n) is 9.57. The molecule has 2 rings (SSSR count). The lowest BCUT2D eigenvalue weighted by molar-refractivity contribution is 0.103. The summed E-state index contributed by atoms with van der Waals surface area (Å²) in [6, 6.07) is 12.6. The molecule has 0 aromatic heterocycles. The standard InChI is InChI=1S/C23H30O3S/c1-5-7-13-23(3,6-2)16-27-21-15-19(24)20(26-4)14-18(21)22(25)17-11-9-8-10-12-17/h8-12,14-15,24H,5-7,13,16H2,1-4H3/t23-/m0/s1. The number of rotatable bonds is 10. The molecule has 0 spiro atoms. The van der Waals surface area contributed by atoms with Crippen molar-refractivity contribution in [1.29, 1.82) is 0 Å². The monoisotopic (exact) mass is 386 g/mol. The van der Waals surface area contributed by atoms with Gasteiger partial charge in [-0.05, 0) is 30.4 Å². The van der Waals surface area contributed by atoms with E-state index in [4.69, 9.17) is 4.74 Å². The molecule has 27 heavy (non-hydrogen) atoms. The van der Waals surface area contributed by atoms with E-state index < -0.39 is 0 Å². The molecule has 0 aliphatic rings. The lowest BCUT2D eigenvalue weighted by Gasteiger charge is -2.28. The van der Waals surface area contributed by atoms with E-state index in [2.05, 4.69) is 20.8 Å². The summed E-state index contributed by atoms with van der Waals surface area (Å²) in [5.74, 6) is 1.24. The number of carbonyl (C=O) groups excluding carboxylic acids is 1. The Labute approximate surface area is 167 Å². The van der Waals surface area contributed by atoms with Crippen molar-refractivity contribution >= 4 is 17.5 Å². The Balaban J connectivity index is 2.34. The van der Waals surface area contributed by atoms with Crippen LogP contribution in [-0.2, 0) is 0 Å². The van der Waals surface area contributed by atoms with Gasteiger partial charge in [-0.2, -0.15) is 0 Å². The molecular weight excluding hydrogens is 356 g/mol. The highest BCUT2D eigenvalue weighted by atomic mass is 32.2. The summed E-state index contributed by atoms with van der Waals surface area (Å²) in [6.45, 7) is 6.73. The van der Waals surface area contributed by atoms with Gasteiger partial charge in [0.1, 0.15) is 0 Å². The van der Waals surface area contributed by atoms with E-state index in [0.29, 0.717) is 16.9 Å². The van der Waals surface area contributed by atoms with Gasteiger partial charge in [-0.3, -0.25) is 4.79 Å². The maximum absolute atomic E-state index is 13.1. The number of ether oxygens (including phenoxy) is 1. The lowest BCUT2D eigenvalue weighted by atomic mass is 9.84. The van der Waals surface area contributed by atoms with E-state index in [1.54, 1.807) is 23.9 Å². The smallest absolute Gasteiger partial charge is 0.194 e. The Morgan fingerprint density at radius 2 is 1.89 bits per heavy atom. The number of benzene rings is 2. The first kappa shape index (κ1) is 21.4. The molecule has 2 aromatic carbocycles. The van der Waals surface area contributed by atoms with Crippen molar-refractivity contribution in [1.82, 2.24) is 0 Å². The van der Waals surface area contributed by atoms with Crippen molar-refractivity contribution in [3.63, 3.8) is 0 Å². The van der Waals surface area contributed by atoms with Crippen LogP contribution in [0.2, 0.25) is 0 Å². The van der Waals surface area contributed by atoms with Crippen molar-refractivity contribution in [2.75, 3.05) is 12.9 Å². The highest BCUT2D eigenvalue weighted by Crippen LogP contribution is 2.40. The summed E-state index contributed by atoms with van der Waals surface area (Å²) in [6.07, 6.45) is 4.64. The summed E-state index contributed by atoms with van der Waals surface area (Å²) in [4.78, 5) is 13.9. The van der Waals surface area contributed by atoms with E-state index >= 15 is 0 Å². The third-order valence-electron chi connectivity index (χ3n) is 5.13. The van der Waals surface area contributed by atoms with Gasteiger partial charge in [0, 0.05) is 21.8 Å². The first-order valence-corrected chi connectivity index (χ1v) is 10.6. The highest BCUT2D eigenvalue weighted by molar-refractivity contribution is 7.99. The van der Waals surface area contributed by atoms with E-state index in [1.165, 1.54) is 20.0 Å². The Morgan fingerprint density at radius 1 is 1.19 bits per heavy atom. The normalized spacial score (nSPS) is 13.2. The van der Waals surface area contributed by atoms with Crippen LogP contribution in [-0.4, -0.2) is 23.8 Å². The number of hydrogen-bond acceptors (Lipinski definition) is 4. The Kier molecular flexibility index (Phi) is 7.78. The first-order chi connectivity index (χ1) is 12.9. The van der Waals surface area contributed by atoms with Gasteiger partial charge in [-0.25, -0.2) is 0 Å². The van der Waals surface area contributed by atoms with Gasteiger partial charge in [0.05, 0.1) is 7.11 Å². The predicted octanol–water partition coefficient (Wildman–Crippen LogP) is 6.33. The van der Waals surface area contributed by atoms with Crippen molar-refractivity contribution in [2.24, 2.45) is 5.41 Å². The molecule has 2 aromatic rings. The molecule has 0 unspecified atom stereocenters. The molecular formula is C23H30O3S. The van der Waals surface area contributed by atoms with Gasteiger partial charge in [0.25, 0.3) is 0 Å². The fourth-order valence-corrected chi connectivity index (χ4v) is 4.32. The van der Waals surface area contributed by atoms with Crippen molar-refractivity contribution in [3.05, 3.63) is 53.6 Å². The highest BCUT2D eigenvalue weighted by Gasteiger charge is 2.24. The van der Waals surface area contributed by atoms with Gasteiger partial charge in [0.2, 0.25) is 0 Å². The number of hydrogen-bond donors (Lipinski definition) is 1. The molecule has 0 radical (unpaired) electrons. The Hall–Kier alpha value is -1.94. The zero-order valence-corrected chi connectivity index (χ0v) is 17.6.